The van der Waals surface area contributed by atoms with Crippen LogP contribution in [-0.2, 0) is 16.0 Å². The highest BCUT2D eigenvalue weighted by molar-refractivity contribution is 5.97. The molecule has 0 bridgehead atoms. The average molecular weight is 396 g/mol. The molecule has 0 unspecified atom stereocenters. The number of hydrogen-bond donors (Lipinski definition) is 1. The van der Waals surface area contributed by atoms with E-state index < -0.39 is 0 Å². The fourth-order valence-corrected chi connectivity index (χ4v) is 3.23. The van der Waals surface area contributed by atoms with E-state index in [-0.39, 0.29) is 24.5 Å². The summed E-state index contributed by atoms with van der Waals surface area (Å²) in [4.78, 5) is 26.7. The summed E-state index contributed by atoms with van der Waals surface area (Å²) in [5.41, 5.74) is 1.69. The number of aryl methyl sites for hydroxylation is 1. The van der Waals surface area contributed by atoms with Crippen molar-refractivity contribution in [3.63, 3.8) is 0 Å². The fraction of sp³-hybridized carbons (Fsp3) is 0.391. The first-order chi connectivity index (χ1) is 14.1. The quantitative estimate of drug-likeness (QED) is 0.745. The first kappa shape index (κ1) is 20.9. The van der Waals surface area contributed by atoms with Gasteiger partial charge in [-0.2, -0.15) is 0 Å². The summed E-state index contributed by atoms with van der Waals surface area (Å²) in [6.45, 7) is 4.14. The maximum absolute atomic E-state index is 12.7. The molecule has 2 amide bonds. The van der Waals surface area contributed by atoms with Crippen molar-refractivity contribution in [2.45, 2.75) is 25.8 Å². The highest BCUT2D eigenvalue weighted by Gasteiger charge is 2.19. The molecule has 1 aliphatic heterocycles. The second-order valence-corrected chi connectivity index (χ2v) is 7.18. The summed E-state index contributed by atoms with van der Waals surface area (Å²) in [7, 11) is 0. The predicted molar refractivity (Wildman–Crippen MR) is 111 cm³/mol. The van der Waals surface area contributed by atoms with Gasteiger partial charge in [0.1, 0.15) is 5.75 Å². The van der Waals surface area contributed by atoms with Gasteiger partial charge in [-0.3, -0.25) is 9.59 Å². The Morgan fingerprint density at radius 2 is 1.76 bits per heavy atom. The number of nitrogens with one attached hydrogen (secondary N) is 1. The maximum atomic E-state index is 12.7. The number of nitrogens with zero attached hydrogens (tertiary/aromatic N) is 1. The molecule has 6 heteroatoms. The average Bonchev–Trinajstić information content (AvgIpc) is 2.77. The van der Waals surface area contributed by atoms with Crippen LogP contribution in [0.1, 0.15) is 29.3 Å². The Labute approximate surface area is 171 Å². The predicted octanol–water partition coefficient (Wildman–Crippen LogP) is 2.68. The third-order valence-corrected chi connectivity index (χ3v) is 4.93. The van der Waals surface area contributed by atoms with Crippen molar-refractivity contribution in [2.24, 2.45) is 0 Å². The molecule has 1 saturated heterocycles. The van der Waals surface area contributed by atoms with Crippen LogP contribution in [0, 0.1) is 0 Å². The smallest absolute Gasteiger partial charge is 0.260 e. The Morgan fingerprint density at radius 3 is 2.52 bits per heavy atom. The Bertz CT molecular complexity index is 804. The molecule has 2 aromatic carbocycles. The van der Waals surface area contributed by atoms with Gasteiger partial charge in [-0.1, -0.05) is 42.5 Å². The van der Waals surface area contributed by atoms with Crippen molar-refractivity contribution in [3.05, 3.63) is 65.7 Å². The van der Waals surface area contributed by atoms with Crippen LogP contribution in [0.15, 0.2) is 54.6 Å². The van der Waals surface area contributed by atoms with E-state index in [4.69, 9.17) is 9.47 Å². The zero-order valence-corrected chi connectivity index (χ0v) is 16.8. The standard InChI is InChI=1S/C23H28N2O4/c1-18(11-12-19-7-3-2-4-8-19)24-23(27)20-9-5-6-10-21(20)29-17-22(26)25-13-15-28-16-14-25/h2-10,18H,11-17H2,1H3,(H,24,27)/t18-/m0/s1. The molecule has 1 fully saturated rings. The van der Waals surface area contributed by atoms with Gasteiger partial charge in [0, 0.05) is 19.1 Å². The van der Waals surface area contributed by atoms with Crippen molar-refractivity contribution in [2.75, 3.05) is 32.9 Å². The van der Waals surface area contributed by atoms with Gasteiger partial charge in [0.25, 0.3) is 11.8 Å². The third-order valence-electron chi connectivity index (χ3n) is 4.93. The van der Waals surface area contributed by atoms with Gasteiger partial charge in [-0.05, 0) is 37.5 Å². The minimum Gasteiger partial charge on any atom is -0.483 e. The number of hydrogen-bond acceptors (Lipinski definition) is 4. The number of benzene rings is 2. The van der Waals surface area contributed by atoms with Crippen molar-refractivity contribution < 1.29 is 19.1 Å². The molecule has 1 heterocycles. The Kier molecular flexibility index (Phi) is 7.64. The van der Waals surface area contributed by atoms with Gasteiger partial charge >= 0.3 is 0 Å². The van der Waals surface area contributed by atoms with Crippen LogP contribution in [0.5, 0.6) is 5.75 Å². The van der Waals surface area contributed by atoms with E-state index in [1.807, 2.05) is 25.1 Å². The third kappa shape index (κ3) is 6.32. The van der Waals surface area contributed by atoms with Crippen LogP contribution < -0.4 is 10.1 Å². The topological polar surface area (TPSA) is 67.9 Å². The van der Waals surface area contributed by atoms with E-state index in [9.17, 15) is 9.59 Å². The summed E-state index contributed by atoms with van der Waals surface area (Å²) in [5, 5.41) is 3.03. The zero-order chi connectivity index (χ0) is 20.5. The summed E-state index contributed by atoms with van der Waals surface area (Å²) in [6, 6.07) is 17.2. The molecule has 154 valence electrons. The Morgan fingerprint density at radius 1 is 1.07 bits per heavy atom. The van der Waals surface area contributed by atoms with Crippen LogP contribution in [0.4, 0.5) is 0 Å². The van der Waals surface area contributed by atoms with E-state index in [0.717, 1.165) is 12.8 Å². The number of carbonyl (C=O) groups is 2. The second-order valence-electron chi connectivity index (χ2n) is 7.18. The minimum atomic E-state index is -0.194. The number of ether oxygens (including phenoxy) is 2. The highest BCUT2D eigenvalue weighted by atomic mass is 16.5. The molecule has 0 radical (unpaired) electrons. The first-order valence-corrected chi connectivity index (χ1v) is 10.1. The summed E-state index contributed by atoms with van der Waals surface area (Å²) in [5.74, 6) is 0.126. The van der Waals surface area contributed by atoms with Gasteiger partial charge in [0.2, 0.25) is 0 Å². The van der Waals surface area contributed by atoms with Crippen LogP contribution in [-0.4, -0.2) is 55.7 Å². The molecule has 3 rings (SSSR count). The lowest BCUT2D eigenvalue weighted by Crippen LogP contribution is -2.43. The number of para-hydroxylation sites is 1. The van der Waals surface area contributed by atoms with E-state index in [2.05, 4.69) is 17.4 Å². The summed E-state index contributed by atoms with van der Waals surface area (Å²) in [6.07, 6.45) is 1.74. The van der Waals surface area contributed by atoms with Crippen LogP contribution in [0.25, 0.3) is 0 Å². The van der Waals surface area contributed by atoms with Crippen LogP contribution in [0.2, 0.25) is 0 Å². The largest absolute Gasteiger partial charge is 0.483 e. The summed E-state index contributed by atoms with van der Waals surface area (Å²) >= 11 is 0. The molecule has 29 heavy (non-hydrogen) atoms. The molecule has 1 N–H and O–H groups in total. The Balaban J connectivity index is 1.53. The lowest BCUT2D eigenvalue weighted by Gasteiger charge is -2.26. The van der Waals surface area contributed by atoms with E-state index in [1.54, 1.807) is 29.2 Å². The van der Waals surface area contributed by atoms with Crippen molar-refractivity contribution in [3.8, 4) is 5.75 Å². The van der Waals surface area contributed by atoms with Gasteiger partial charge in [0.15, 0.2) is 6.61 Å². The monoisotopic (exact) mass is 396 g/mol. The molecule has 0 spiro atoms. The first-order valence-electron chi connectivity index (χ1n) is 10.1. The molecular weight excluding hydrogens is 368 g/mol. The molecule has 0 aromatic heterocycles. The maximum Gasteiger partial charge on any atom is 0.260 e. The molecule has 2 aromatic rings. The van der Waals surface area contributed by atoms with Crippen molar-refractivity contribution in [1.29, 1.82) is 0 Å². The van der Waals surface area contributed by atoms with E-state index in [1.165, 1.54) is 5.56 Å². The normalized spacial score (nSPS) is 14.9. The SMILES string of the molecule is C[C@@H](CCc1ccccc1)NC(=O)c1ccccc1OCC(=O)N1CCOCC1. The fourth-order valence-electron chi connectivity index (χ4n) is 3.23. The second kappa shape index (κ2) is 10.6. The zero-order valence-electron chi connectivity index (χ0n) is 16.8. The molecule has 1 aliphatic rings. The van der Waals surface area contributed by atoms with Gasteiger partial charge < -0.3 is 19.7 Å². The summed E-state index contributed by atoms with van der Waals surface area (Å²) < 4.78 is 11.0. The van der Waals surface area contributed by atoms with Crippen molar-refractivity contribution >= 4 is 11.8 Å². The lowest BCUT2D eigenvalue weighted by atomic mass is 10.1. The Hall–Kier alpha value is -2.86. The number of amides is 2. The molecule has 6 nitrogen and oxygen atoms in total. The molecule has 1 atom stereocenters. The number of carbonyl (C=O) groups excluding carboxylic acids is 2. The van der Waals surface area contributed by atoms with E-state index in [0.29, 0.717) is 37.6 Å². The number of morpholine rings is 1. The number of rotatable bonds is 8. The van der Waals surface area contributed by atoms with Crippen molar-refractivity contribution in [1.82, 2.24) is 10.2 Å². The van der Waals surface area contributed by atoms with Gasteiger partial charge in [-0.25, -0.2) is 0 Å². The highest BCUT2D eigenvalue weighted by Crippen LogP contribution is 2.18. The van der Waals surface area contributed by atoms with Gasteiger partial charge in [0.05, 0.1) is 18.8 Å². The lowest BCUT2D eigenvalue weighted by molar-refractivity contribution is -0.137. The molecule has 0 saturated carbocycles. The van der Waals surface area contributed by atoms with Crippen LogP contribution >= 0.6 is 0 Å². The molecule has 0 aliphatic carbocycles. The minimum absolute atomic E-state index is 0.0192. The van der Waals surface area contributed by atoms with Crippen LogP contribution in [0.3, 0.4) is 0 Å². The molecular formula is C23H28N2O4. The van der Waals surface area contributed by atoms with Gasteiger partial charge in [-0.15, -0.1) is 0 Å². The van der Waals surface area contributed by atoms with E-state index >= 15 is 0 Å².